The molecule has 0 aliphatic heterocycles. The van der Waals surface area contributed by atoms with E-state index in [9.17, 15) is 0 Å². The Morgan fingerprint density at radius 2 is 0.860 bits per heavy atom. The largest absolute Gasteiger partial charge is 0.455 e. The van der Waals surface area contributed by atoms with Gasteiger partial charge in [-0.15, -0.1) is 0 Å². The van der Waals surface area contributed by atoms with Crippen molar-refractivity contribution in [3.8, 4) is 39.1 Å². The summed E-state index contributed by atoms with van der Waals surface area (Å²) in [6.45, 7) is 0. The molecule has 3 nitrogen and oxygen atoms in total. The molecule has 9 aromatic carbocycles. The van der Waals surface area contributed by atoms with Gasteiger partial charge in [-0.25, -0.2) is 0 Å². The highest BCUT2D eigenvalue weighted by Gasteiger charge is 2.20. The van der Waals surface area contributed by atoms with Gasteiger partial charge in [-0.05, 0) is 101 Å². The lowest BCUT2D eigenvalue weighted by Gasteiger charge is -2.26. The van der Waals surface area contributed by atoms with Gasteiger partial charge in [0.05, 0.1) is 11.0 Å². The zero-order valence-electron chi connectivity index (χ0n) is 31.1. The normalized spacial score (nSPS) is 11.5. The van der Waals surface area contributed by atoms with Crippen LogP contribution in [0.15, 0.2) is 223 Å². The molecule has 3 heteroatoms. The van der Waals surface area contributed by atoms with Crippen LogP contribution in [0.2, 0.25) is 0 Å². The van der Waals surface area contributed by atoms with Gasteiger partial charge >= 0.3 is 0 Å². The predicted molar refractivity (Wildman–Crippen MR) is 239 cm³/mol. The second-order valence-electron chi connectivity index (χ2n) is 14.5. The fraction of sp³-hybridized carbons (Fsp3) is 0. The van der Waals surface area contributed by atoms with Crippen molar-refractivity contribution in [2.45, 2.75) is 0 Å². The van der Waals surface area contributed by atoms with E-state index >= 15 is 0 Å². The van der Waals surface area contributed by atoms with Crippen LogP contribution in [0.4, 0.5) is 17.1 Å². The number of aromatic nitrogens is 1. The maximum absolute atomic E-state index is 6.68. The molecule has 11 rings (SSSR count). The summed E-state index contributed by atoms with van der Waals surface area (Å²) in [5.74, 6) is 0. The number of para-hydroxylation sites is 4. The van der Waals surface area contributed by atoms with Crippen LogP contribution < -0.4 is 4.90 Å². The summed E-state index contributed by atoms with van der Waals surface area (Å²) in [4.78, 5) is 2.35. The van der Waals surface area contributed by atoms with E-state index in [4.69, 9.17) is 4.42 Å². The van der Waals surface area contributed by atoms with E-state index < -0.39 is 0 Å². The first kappa shape index (κ1) is 32.8. The van der Waals surface area contributed by atoms with Crippen LogP contribution in [-0.4, -0.2) is 4.57 Å². The number of rotatable bonds is 7. The molecule has 2 heterocycles. The van der Waals surface area contributed by atoms with Crippen LogP contribution >= 0.6 is 0 Å². The van der Waals surface area contributed by atoms with Gasteiger partial charge in [0.1, 0.15) is 11.2 Å². The van der Waals surface area contributed by atoms with Crippen LogP contribution in [0.25, 0.3) is 82.8 Å². The summed E-state index contributed by atoms with van der Waals surface area (Å²) in [6.07, 6.45) is 0. The number of fused-ring (bicyclic) bond motifs is 6. The van der Waals surface area contributed by atoms with Gasteiger partial charge in [0.15, 0.2) is 0 Å². The van der Waals surface area contributed by atoms with Gasteiger partial charge in [0, 0.05) is 49.9 Å². The molecule has 57 heavy (non-hydrogen) atoms. The highest BCUT2D eigenvalue weighted by atomic mass is 16.3. The molecule has 0 bridgehead atoms. The summed E-state index contributed by atoms with van der Waals surface area (Å²) >= 11 is 0. The van der Waals surface area contributed by atoms with Gasteiger partial charge in [-0.3, -0.25) is 0 Å². The van der Waals surface area contributed by atoms with Gasteiger partial charge in [-0.1, -0.05) is 146 Å². The van der Waals surface area contributed by atoms with Crippen molar-refractivity contribution < 1.29 is 4.42 Å². The highest BCUT2D eigenvalue weighted by molar-refractivity contribution is 6.12. The fourth-order valence-corrected chi connectivity index (χ4v) is 8.48. The number of hydrogen-bond donors (Lipinski definition) is 0. The topological polar surface area (TPSA) is 21.3 Å². The molecule has 11 aromatic rings. The molecule has 0 saturated carbocycles. The highest BCUT2D eigenvalue weighted by Crippen LogP contribution is 2.44. The number of nitrogens with zero attached hydrogens (tertiary/aromatic N) is 2. The van der Waals surface area contributed by atoms with Crippen molar-refractivity contribution >= 4 is 60.8 Å². The molecule has 268 valence electrons. The van der Waals surface area contributed by atoms with E-state index in [2.05, 4.69) is 222 Å². The molecule has 2 aromatic heterocycles. The maximum atomic E-state index is 6.68. The van der Waals surface area contributed by atoms with Gasteiger partial charge in [-0.2, -0.15) is 0 Å². The molecular weight excluding hydrogens is 693 g/mol. The van der Waals surface area contributed by atoms with E-state index in [1.54, 1.807) is 0 Å². The molecule has 0 fully saturated rings. The predicted octanol–water partition coefficient (Wildman–Crippen LogP) is 15.2. The molecule has 0 radical (unpaired) electrons. The SMILES string of the molecule is c1ccc(-c2cccc(-c3ccc(N(c4ccccc4)c4cc(-c5ccc(-n6c7ccccc7c7ccccc76)cc5)c5oc6ccccc6c5c4)cc3)c2)cc1. The van der Waals surface area contributed by atoms with Crippen LogP contribution in [0.1, 0.15) is 0 Å². The van der Waals surface area contributed by atoms with Crippen molar-refractivity contribution in [1.82, 2.24) is 4.57 Å². The Morgan fingerprint density at radius 1 is 0.333 bits per heavy atom. The van der Waals surface area contributed by atoms with E-state index in [1.807, 2.05) is 6.07 Å². The van der Waals surface area contributed by atoms with Crippen molar-refractivity contribution in [2.75, 3.05) is 4.90 Å². The third-order valence-corrected chi connectivity index (χ3v) is 11.2. The van der Waals surface area contributed by atoms with E-state index in [0.717, 1.165) is 55.8 Å². The number of anilines is 3. The average molecular weight is 729 g/mol. The Bertz CT molecular complexity index is 3160. The third-order valence-electron chi connectivity index (χ3n) is 11.2. The van der Waals surface area contributed by atoms with Crippen molar-refractivity contribution in [3.63, 3.8) is 0 Å². The average Bonchev–Trinajstić information content (AvgIpc) is 3.83. The zero-order valence-corrected chi connectivity index (χ0v) is 31.1. The molecule has 0 aliphatic carbocycles. The lowest BCUT2D eigenvalue weighted by Crippen LogP contribution is -2.10. The molecule has 0 atom stereocenters. The molecule has 0 amide bonds. The molecule has 0 N–H and O–H groups in total. The van der Waals surface area contributed by atoms with Crippen LogP contribution in [0.5, 0.6) is 0 Å². The zero-order chi connectivity index (χ0) is 37.7. The minimum atomic E-state index is 0.876. The lowest BCUT2D eigenvalue weighted by atomic mass is 9.98. The first-order chi connectivity index (χ1) is 28.3. The maximum Gasteiger partial charge on any atom is 0.143 e. The first-order valence-corrected chi connectivity index (χ1v) is 19.4. The third kappa shape index (κ3) is 5.68. The van der Waals surface area contributed by atoms with Gasteiger partial charge < -0.3 is 13.9 Å². The monoisotopic (exact) mass is 728 g/mol. The number of hydrogen-bond acceptors (Lipinski definition) is 2. The summed E-state index contributed by atoms with van der Waals surface area (Å²) in [7, 11) is 0. The Morgan fingerprint density at radius 3 is 1.54 bits per heavy atom. The Balaban J connectivity index is 1.05. The van der Waals surface area contributed by atoms with E-state index in [1.165, 1.54) is 44.1 Å². The summed E-state index contributed by atoms with van der Waals surface area (Å²) in [5.41, 5.74) is 15.4. The van der Waals surface area contributed by atoms with E-state index in [-0.39, 0.29) is 0 Å². The van der Waals surface area contributed by atoms with Crippen LogP contribution in [-0.2, 0) is 0 Å². The van der Waals surface area contributed by atoms with Crippen LogP contribution in [0.3, 0.4) is 0 Å². The Hall–Kier alpha value is -7.62. The minimum Gasteiger partial charge on any atom is -0.455 e. The fourth-order valence-electron chi connectivity index (χ4n) is 8.48. The molecular formula is C54H36N2O. The summed E-state index contributed by atoms with van der Waals surface area (Å²) < 4.78 is 9.05. The van der Waals surface area contributed by atoms with E-state index in [0.29, 0.717) is 0 Å². The minimum absolute atomic E-state index is 0.876. The summed E-state index contributed by atoms with van der Waals surface area (Å²) in [5, 5.41) is 4.69. The van der Waals surface area contributed by atoms with Crippen LogP contribution in [0, 0.1) is 0 Å². The second-order valence-corrected chi connectivity index (χ2v) is 14.5. The van der Waals surface area contributed by atoms with Gasteiger partial charge in [0.2, 0.25) is 0 Å². The number of benzene rings is 9. The van der Waals surface area contributed by atoms with Crippen molar-refractivity contribution in [2.24, 2.45) is 0 Å². The Kier molecular flexibility index (Phi) is 7.82. The van der Waals surface area contributed by atoms with Crippen molar-refractivity contribution in [1.29, 1.82) is 0 Å². The second kappa shape index (κ2) is 13.6. The van der Waals surface area contributed by atoms with Gasteiger partial charge in [0.25, 0.3) is 0 Å². The molecule has 0 spiro atoms. The standard InChI is InChI=1S/C54H36N2O/c1-3-14-37(15-4-1)40-16-13-17-41(34-40)38-26-30-43(31-27-38)55(42-18-5-2-6-19-42)45-35-49(54-50(36-45)48-22-9-12-25-53(48)57-54)39-28-32-44(33-29-39)56-51-23-10-7-20-46(51)47-21-8-11-24-52(47)56/h1-36H. The lowest BCUT2D eigenvalue weighted by molar-refractivity contribution is 0.670. The van der Waals surface area contributed by atoms with Crippen molar-refractivity contribution in [3.05, 3.63) is 218 Å². The molecule has 0 unspecified atom stereocenters. The quantitative estimate of drug-likeness (QED) is 0.163. The molecule has 0 saturated heterocycles. The molecule has 0 aliphatic rings. The summed E-state index contributed by atoms with van der Waals surface area (Å²) in [6, 6.07) is 78.0. The smallest absolute Gasteiger partial charge is 0.143 e. The number of furan rings is 1. The first-order valence-electron chi connectivity index (χ1n) is 19.4. The Labute approximate surface area is 330 Å².